The lowest BCUT2D eigenvalue weighted by Crippen LogP contribution is -2.39. The lowest BCUT2D eigenvalue weighted by Gasteiger charge is -2.23. The summed E-state index contributed by atoms with van der Waals surface area (Å²) < 4.78 is 1.04. The van der Waals surface area contributed by atoms with Gasteiger partial charge in [-0.1, -0.05) is 28.1 Å². The molecule has 1 aliphatic heterocycles. The Balaban J connectivity index is 1.85. The summed E-state index contributed by atoms with van der Waals surface area (Å²) in [6.07, 6.45) is 2.86. The molecule has 1 amide bonds. The van der Waals surface area contributed by atoms with Crippen LogP contribution in [0.15, 0.2) is 28.7 Å². The molecule has 1 saturated carbocycles. The Kier molecular flexibility index (Phi) is 2.94. The minimum absolute atomic E-state index is 0.159. The molecule has 2 fully saturated rings. The summed E-state index contributed by atoms with van der Waals surface area (Å²) in [5.74, 6) is 0.272. The fourth-order valence-electron chi connectivity index (χ4n) is 2.81. The molecule has 1 aromatic rings. The van der Waals surface area contributed by atoms with Gasteiger partial charge in [0.25, 0.3) is 0 Å². The molecule has 2 aliphatic rings. The van der Waals surface area contributed by atoms with Crippen molar-refractivity contribution < 1.29 is 4.79 Å². The summed E-state index contributed by atoms with van der Waals surface area (Å²) in [6.45, 7) is 1.53. The van der Waals surface area contributed by atoms with E-state index in [-0.39, 0.29) is 17.4 Å². The number of hydrogen-bond acceptors (Lipinski definition) is 2. The SMILES string of the molecule is N[C@@H]1CCN(C(=O)C2(c3cccc(Br)c3)CC2)C1. The van der Waals surface area contributed by atoms with E-state index in [1.807, 2.05) is 17.0 Å². The lowest BCUT2D eigenvalue weighted by molar-refractivity contribution is -0.132. The molecule has 1 saturated heterocycles. The van der Waals surface area contributed by atoms with Crippen LogP contribution in [-0.2, 0) is 10.2 Å². The van der Waals surface area contributed by atoms with E-state index in [1.165, 1.54) is 0 Å². The van der Waals surface area contributed by atoms with Gasteiger partial charge in [-0.05, 0) is 37.0 Å². The molecule has 96 valence electrons. The molecule has 3 rings (SSSR count). The van der Waals surface area contributed by atoms with E-state index in [2.05, 4.69) is 28.1 Å². The van der Waals surface area contributed by atoms with Crippen LogP contribution in [0.1, 0.15) is 24.8 Å². The van der Waals surface area contributed by atoms with Crippen molar-refractivity contribution in [1.29, 1.82) is 0 Å². The highest BCUT2D eigenvalue weighted by Crippen LogP contribution is 2.50. The number of amides is 1. The van der Waals surface area contributed by atoms with E-state index in [0.29, 0.717) is 6.54 Å². The van der Waals surface area contributed by atoms with Gasteiger partial charge in [-0.25, -0.2) is 0 Å². The first-order valence-corrected chi connectivity index (χ1v) is 7.22. The number of likely N-dealkylation sites (tertiary alicyclic amines) is 1. The van der Waals surface area contributed by atoms with Crippen molar-refractivity contribution in [2.24, 2.45) is 5.73 Å². The van der Waals surface area contributed by atoms with Crippen LogP contribution >= 0.6 is 15.9 Å². The Morgan fingerprint density at radius 2 is 2.22 bits per heavy atom. The summed E-state index contributed by atoms with van der Waals surface area (Å²) in [6, 6.07) is 8.29. The van der Waals surface area contributed by atoms with Crippen molar-refractivity contribution in [3.63, 3.8) is 0 Å². The average Bonchev–Trinajstić information content (AvgIpc) is 3.06. The van der Waals surface area contributed by atoms with Crippen molar-refractivity contribution >= 4 is 21.8 Å². The van der Waals surface area contributed by atoms with Crippen LogP contribution < -0.4 is 5.73 Å². The molecule has 1 atom stereocenters. The Labute approximate surface area is 115 Å². The highest BCUT2D eigenvalue weighted by atomic mass is 79.9. The van der Waals surface area contributed by atoms with Crippen molar-refractivity contribution in [3.05, 3.63) is 34.3 Å². The topological polar surface area (TPSA) is 46.3 Å². The molecule has 3 nitrogen and oxygen atoms in total. The number of nitrogens with two attached hydrogens (primary N) is 1. The normalized spacial score (nSPS) is 25.2. The largest absolute Gasteiger partial charge is 0.340 e. The highest BCUT2D eigenvalue weighted by molar-refractivity contribution is 9.10. The average molecular weight is 309 g/mol. The van der Waals surface area contributed by atoms with Gasteiger partial charge in [0.2, 0.25) is 5.91 Å². The minimum Gasteiger partial charge on any atom is -0.340 e. The van der Waals surface area contributed by atoms with Gasteiger partial charge in [-0.2, -0.15) is 0 Å². The Bertz CT molecular complexity index is 484. The molecule has 18 heavy (non-hydrogen) atoms. The molecular weight excluding hydrogens is 292 g/mol. The molecule has 0 unspecified atom stereocenters. The molecule has 0 radical (unpaired) electrons. The second-order valence-corrected chi connectivity index (χ2v) is 6.31. The predicted molar refractivity (Wildman–Crippen MR) is 74.2 cm³/mol. The van der Waals surface area contributed by atoms with Gasteiger partial charge >= 0.3 is 0 Å². The summed E-state index contributed by atoms with van der Waals surface area (Å²) >= 11 is 3.48. The van der Waals surface area contributed by atoms with E-state index in [9.17, 15) is 4.79 Å². The number of rotatable bonds is 2. The maximum absolute atomic E-state index is 12.6. The van der Waals surface area contributed by atoms with Crippen molar-refractivity contribution in [2.45, 2.75) is 30.7 Å². The molecule has 1 aliphatic carbocycles. The van der Waals surface area contributed by atoms with Crippen LogP contribution in [0.2, 0.25) is 0 Å². The zero-order chi connectivity index (χ0) is 12.8. The van der Waals surface area contributed by atoms with E-state index in [1.54, 1.807) is 0 Å². The quantitative estimate of drug-likeness (QED) is 0.909. The molecule has 0 aromatic heterocycles. The number of halogens is 1. The van der Waals surface area contributed by atoms with Gasteiger partial charge in [0.05, 0.1) is 5.41 Å². The second kappa shape index (κ2) is 4.35. The third kappa shape index (κ3) is 1.97. The highest BCUT2D eigenvalue weighted by Gasteiger charge is 2.53. The van der Waals surface area contributed by atoms with Crippen LogP contribution in [0.5, 0.6) is 0 Å². The van der Waals surface area contributed by atoms with E-state index >= 15 is 0 Å². The zero-order valence-corrected chi connectivity index (χ0v) is 11.8. The first-order valence-electron chi connectivity index (χ1n) is 6.43. The fourth-order valence-corrected chi connectivity index (χ4v) is 3.21. The van der Waals surface area contributed by atoms with E-state index < -0.39 is 0 Å². The molecule has 2 N–H and O–H groups in total. The third-order valence-corrected chi connectivity index (χ3v) is 4.54. The number of benzene rings is 1. The first-order chi connectivity index (χ1) is 8.62. The van der Waals surface area contributed by atoms with Crippen molar-refractivity contribution in [3.8, 4) is 0 Å². The first kappa shape index (κ1) is 12.2. The molecule has 4 heteroatoms. The molecule has 0 spiro atoms. The van der Waals surface area contributed by atoms with Gasteiger partial charge in [0.15, 0.2) is 0 Å². The molecule has 0 bridgehead atoms. The monoisotopic (exact) mass is 308 g/mol. The molecular formula is C14H17BrN2O. The van der Waals surface area contributed by atoms with Gasteiger partial charge in [0, 0.05) is 23.6 Å². The number of carbonyl (C=O) groups is 1. The molecule has 1 heterocycles. The van der Waals surface area contributed by atoms with Crippen molar-refractivity contribution in [1.82, 2.24) is 4.90 Å². The van der Waals surface area contributed by atoms with Gasteiger partial charge in [0.1, 0.15) is 0 Å². The number of carbonyl (C=O) groups excluding carboxylic acids is 1. The number of hydrogen-bond donors (Lipinski definition) is 1. The number of nitrogens with zero attached hydrogens (tertiary/aromatic N) is 1. The Morgan fingerprint density at radius 1 is 1.44 bits per heavy atom. The minimum atomic E-state index is -0.256. The second-order valence-electron chi connectivity index (χ2n) is 5.39. The summed E-state index contributed by atoms with van der Waals surface area (Å²) in [7, 11) is 0. The van der Waals surface area contributed by atoms with E-state index in [0.717, 1.165) is 35.8 Å². The van der Waals surface area contributed by atoms with Crippen LogP contribution in [0.25, 0.3) is 0 Å². The van der Waals surface area contributed by atoms with Crippen LogP contribution in [0.3, 0.4) is 0 Å². The summed E-state index contributed by atoms with van der Waals surface area (Å²) in [4.78, 5) is 14.6. The maximum atomic E-state index is 12.6. The summed E-state index contributed by atoms with van der Waals surface area (Å²) in [5.41, 5.74) is 6.77. The standard InChI is InChI=1S/C14H17BrN2O/c15-11-3-1-2-10(8-11)14(5-6-14)13(18)17-7-4-12(16)9-17/h1-3,8,12H,4-7,9,16H2/t12-/m1/s1. The van der Waals surface area contributed by atoms with Crippen LogP contribution in [-0.4, -0.2) is 29.9 Å². The Hall–Kier alpha value is -0.870. The smallest absolute Gasteiger partial charge is 0.233 e. The van der Waals surface area contributed by atoms with Crippen LogP contribution in [0, 0.1) is 0 Å². The van der Waals surface area contributed by atoms with Gasteiger partial charge in [-0.3, -0.25) is 4.79 Å². The van der Waals surface area contributed by atoms with Gasteiger partial charge < -0.3 is 10.6 Å². The molecule has 1 aromatic carbocycles. The summed E-state index contributed by atoms with van der Waals surface area (Å²) in [5, 5.41) is 0. The Morgan fingerprint density at radius 3 is 2.78 bits per heavy atom. The van der Waals surface area contributed by atoms with Crippen molar-refractivity contribution in [2.75, 3.05) is 13.1 Å². The van der Waals surface area contributed by atoms with Gasteiger partial charge in [-0.15, -0.1) is 0 Å². The van der Waals surface area contributed by atoms with E-state index in [4.69, 9.17) is 5.73 Å². The zero-order valence-electron chi connectivity index (χ0n) is 10.2. The lowest BCUT2D eigenvalue weighted by atomic mass is 9.94. The predicted octanol–water partition coefficient (Wildman–Crippen LogP) is 2.04. The third-order valence-electron chi connectivity index (χ3n) is 4.05. The fraction of sp³-hybridized carbons (Fsp3) is 0.500. The van der Waals surface area contributed by atoms with Crippen LogP contribution in [0.4, 0.5) is 0 Å². The maximum Gasteiger partial charge on any atom is 0.233 e.